The van der Waals surface area contributed by atoms with E-state index in [0.717, 1.165) is 11.1 Å². The number of hydrogen-bond acceptors (Lipinski definition) is 5. The molecule has 3 aliphatic rings. The summed E-state index contributed by atoms with van der Waals surface area (Å²) >= 11 is 0. The number of ether oxygens (including phenoxy) is 1. The minimum Gasteiger partial charge on any atom is -0.449 e. The Bertz CT molecular complexity index is 903. The first-order valence-electron chi connectivity index (χ1n) is 11.5. The van der Waals surface area contributed by atoms with E-state index in [9.17, 15) is 19.2 Å². The minimum atomic E-state index is -0.688. The number of imide groups is 1. The molecule has 0 bridgehead atoms. The molecule has 0 saturated heterocycles. The van der Waals surface area contributed by atoms with Gasteiger partial charge in [0.05, 0.1) is 6.61 Å². The number of nitrogens with one attached hydrogen (secondary N) is 2. The van der Waals surface area contributed by atoms with Crippen LogP contribution in [0, 0.1) is 11.3 Å². The van der Waals surface area contributed by atoms with Crippen molar-refractivity contribution in [2.24, 2.45) is 11.3 Å². The average molecular weight is 442 g/mol. The van der Waals surface area contributed by atoms with E-state index in [1.54, 1.807) is 6.07 Å². The van der Waals surface area contributed by atoms with Gasteiger partial charge >= 0.3 is 6.09 Å². The monoisotopic (exact) mass is 441 g/mol. The second kappa shape index (κ2) is 9.30. The number of rotatable bonds is 9. The molecule has 8 nitrogen and oxygen atoms in total. The number of benzene rings is 1. The summed E-state index contributed by atoms with van der Waals surface area (Å²) in [6.45, 7) is 2.97. The van der Waals surface area contributed by atoms with Crippen LogP contribution in [0.5, 0.6) is 0 Å². The summed E-state index contributed by atoms with van der Waals surface area (Å²) < 4.78 is 5.37. The predicted molar refractivity (Wildman–Crippen MR) is 116 cm³/mol. The molecule has 0 aromatic heterocycles. The Balaban J connectivity index is 1.29. The summed E-state index contributed by atoms with van der Waals surface area (Å²) in [6.07, 6.45) is 7.41. The number of nitrogens with zero attached hydrogens (tertiary/aromatic N) is 1. The fraction of sp³-hybridized carbons (Fsp3) is 0.583. The fourth-order valence-electron chi connectivity index (χ4n) is 5.38. The maximum atomic E-state index is 13.0. The third kappa shape index (κ3) is 4.49. The van der Waals surface area contributed by atoms with Gasteiger partial charge in [-0.3, -0.25) is 19.7 Å². The van der Waals surface area contributed by atoms with Crippen LogP contribution < -0.4 is 10.6 Å². The SMILES string of the molecule is CCCC(C(=O)NC=O)N1Cc2ccc(CNC(=O)OCC3CC4(CCC4)C3)cc2C1=O. The smallest absolute Gasteiger partial charge is 0.407 e. The van der Waals surface area contributed by atoms with Crippen LogP contribution in [0.3, 0.4) is 0 Å². The summed E-state index contributed by atoms with van der Waals surface area (Å²) in [6, 6.07) is 4.78. The highest BCUT2D eigenvalue weighted by Crippen LogP contribution is 2.58. The van der Waals surface area contributed by atoms with E-state index < -0.39 is 18.0 Å². The molecule has 1 spiro atoms. The van der Waals surface area contributed by atoms with E-state index in [-0.39, 0.29) is 12.5 Å². The van der Waals surface area contributed by atoms with Gasteiger partial charge in [-0.05, 0) is 60.6 Å². The molecule has 1 unspecified atom stereocenters. The van der Waals surface area contributed by atoms with Crippen molar-refractivity contribution < 1.29 is 23.9 Å². The summed E-state index contributed by atoms with van der Waals surface area (Å²) in [5.41, 5.74) is 2.71. The Morgan fingerprint density at radius 2 is 2.09 bits per heavy atom. The maximum Gasteiger partial charge on any atom is 0.407 e. The summed E-state index contributed by atoms with van der Waals surface area (Å²) in [7, 11) is 0. The highest BCUT2D eigenvalue weighted by Gasteiger charge is 2.48. The second-order valence-corrected chi connectivity index (χ2v) is 9.44. The van der Waals surface area contributed by atoms with Crippen LogP contribution in [0.1, 0.15) is 73.4 Å². The van der Waals surface area contributed by atoms with Crippen molar-refractivity contribution in [3.8, 4) is 0 Å². The molecule has 1 aromatic carbocycles. The Kier molecular flexibility index (Phi) is 6.48. The van der Waals surface area contributed by atoms with E-state index >= 15 is 0 Å². The topological polar surface area (TPSA) is 105 Å². The quantitative estimate of drug-likeness (QED) is 0.574. The number of carbonyl (C=O) groups is 4. The van der Waals surface area contributed by atoms with Crippen LogP contribution in [0.25, 0.3) is 0 Å². The molecular weight excluding hydrogens is 410 g/mol. The zero-order valence-electron chi connectivity index (χ0n) is 18.5. The molecule has 2 fully saturated rings. The molecule has 2 aliphatic carbocycles. The zero-order valence-corrected chi connectivity index (χ0v) is 18.5. The van der Waals surface area contributed by atoms with Gasteiger partial charge in [-0.1, -0.05) is 31.9 Å². The Labute approximate surface area is 188 Å². The normalized spacial score (nSPS) is 19.5. The number of hydrogen-bond donors (Lipinski definition) is 2. The molecule has 0 radical (unpaired) electrons. The van der Waals surface area contributed by atoms with Crippen LogP contribution in [-0.2, 0) is 27.4 Å². The van der Waals surface area contributed by atoms with E-state index in [2.05, 4.69) is 10.6 Å². The first-order chi connectivity index (χ1) is 15.4. The van der Waals surface area contributed by atoms with Crippen LogP contribution in [-0.4, -0.2) is 41.9 Å². The van der Waals surface area contributed by atoms with Crippen molar-refractivity contribution in [2.75, 3.05) is 6.61 Å². The van der Waals surface area contributed by atoms with Crippen molar-refractivity contribution in [3.63, 3.8) is 0 Å². The van der Waals surface area contributed by atoms with E-state index in [4.69, 9.17) is 4.74 Å². The third-order valence-electron chi connectivity index (χ3n) is 7.19. The average Bonchev–Trinajstić information content (AvgIpc) is 3.04. The van der Waals surface area contributed by atoms with Crippen molar-refractivity contribution in [3.05, 3.63) is 34.9 Å². The largest absolute Gasteiger partial charge is 0.449 e. The molecule has 1 heterocycles. The summed E-state index contributed by atoms with van der Waals surface area (Å²) in [5, 5.41) is 4.92. The number of fused-ring (bicyclic) bond motifs is 1. The van der Waals surface area contributed by atoms with Crippen molar-refractivity contribution in [1.82, 2.24) is 15.5 Å². The molecule has 4 amide bonds. The molecule has 1 atom stereocenters. The van der Waals surface area contributed by atoms with Gasteiger partial charge in [0.25, 0.3) is 5.91 Å². The zero-order chi connectivity index (χ0) is 22.7. The standard InChI is InChI=1S/C24H31N3O5/c1-2-4-20(21(29)26-15-28)27-13-18-6-5-16(9-19(18)22(27)30)12-25-23(31)32-14-17-10-24(11-17)7-3-8-24/h5-6,9,15,17,20H,2-4,7-8,10-14H2,1H3,(H,25,31)(H,26,28,29). The first kappa shape index (κ1) is 22.3. The minimum absolute atomic E-state index is 0.237. The number of amides is 4. The van der Waals surface area contributed by atoms with E-state index in [0.29, 0.717) is 49.3 Å². The van der Waals surface area contributed by atoms with Crippen LogP contribution in [0.15, 0.2) is 18.2 Å². The van der Waals surface area contributed by atoms with Crippen LogP contribution in [0.4, 0.5) is 4.79 Å². The second-order valence-electron chi connectivity index (χ2n) is 9.44. The van der Waals surface area contributed by atoms with Crippen LogP contribution >= 0.6 is 0 Å². The molecule has 2 saturated carbocycles. The van der Waals surface area contributed by atoms with Crippen molar-refractivity contribution in [1.29, 1.82) is 0 Å². The lowest BCUT2D eigenvalue weighted by Gasteiger charge is -2.54. The fourth-order valence-corrected chi connectivity index (χ4v) is 5.38. The Hall–Kier alpha value is -2.90. The van der Waals surface area contributed by atoms with Crippen molar-refractivity contribution >= 4 is 24.3 Å². The van der Waals surface area contributed by atoms with Gasteiger partial charge < -0.3 is 15.0 Å². The Morgan fingerprint density at radius 1 is 1.31 bits per heavy atom. The maximum absolute atomic E-state index is 13.0. The highest BCUT2D eigenvalue weighted by atomic mass is 16.5. The van der Waals surface area contributed by atoms with Crippen LogP contribution in [0.2, 0.25) is 0 Å². The molecule has 8 heteroatoms. The van der Waals surface area contributed by atoms with Gasteiger partial charge in [-0.2, -0.15) is 0 Å². The third-order valence-corrected chi connectivity index (χ3v) is 7.19. The van der Waals surface area contributed by atoms with Gasteiger partial charge in [0.1, 0.15) is 6.04 Å². The lowest BCUT2D eigenvalue weighted by atomic mass is 9.52. The molecule has 2 N–H and O–H groups in total. The number of carbonyl (C=O) groups excluding carboxylic acids is 4. The summed E-state index contributed by atoms with van der Waals surface area (Å²) in [4.78, 5) is 49.5. The Morgan fingerprint density at radius 3 is 2.75 bits per heavy atom. The molecular formula is C24H31N3O5. The molecule has 32 heavy (non-hydrogen) atoms. The van der Waals surface area contributed by atoms with Gasteiger partial charge in [-0.15, -0.1) is 0 Å². The predicted octanol–water partition coefficient (Wildman–Crippen LogP) is 2.89. The van der Waals surface area contributed by atoms with Gasteiger partial charge in [-0.25, -0.2) is 4.79 Å². The lowest BCUT2D eigenvalue weighted by molar-refractivity contribution is -0.129. The molecule has 1 aromatic rings. The van der Waals surface area contributed by atoms with E-state index in [1.807, 2.05) is 19.1 Å². The van der Waals surface area contributed by atoms with Gasteiger partial charge in [0.2, 0.25) is 12.3 Å². The lowest BCUT2D eigenvalue weighted by Crippen LogP contribution is -2.46. The molecule has 172 valence electrons. The van der Waals surface area contributed by atoms with Gasteiger partial charge in [0.15, 0.2) is 0 Å². The van der Waals surface area contributed by atoms with Gasteiger partial charge in [0, 0.05) is 18.7 Å². The molecule has 1 aliphatic heterocycles. The number of alkyl carbamates (subject to hydrolysis) is 1. The van der Waals surface area contributed by atoms with E-state index in [1.165, 1.54) is 37.0 Å². The highest BCUT2D eigenvalue weighted by molar-refractivity contribution is 6.02. The van der Waals surface area contributed by atoms with Crippen molar-refractivity contribution in [2.45, 2.75) is 71.0 Å². The first-order valence-corrected chi connectivity index (χ1v) is 11.5. The molecule has 4 rings (SSSR count). The summed E-state index contributed by atoms with van der Waals surface area (Å²) in [5.74, 6) is -0.224.